The number of nitrogens with zero attached hydrogens (tertiary/aromatic N) is 1. The zero-order valence-electron chi connectivity index (χ0n) is 7.76. The number of aliphatic imine (C=N–C) groups is 1. The normalized spacial score (nSPS) is 11.9. The van der Waals surface area contributed by atoms with Crippen LogP contribution >= 0.6 is 0 Å². The number of benzene rings is 1. The van der Waals surface area contributed by atoms with E-state index in [1.54, 1.807) is 0 Å². The standard InChI is InChI=1S/C11H12N2O/c12-6-11(9-14)8-13-7-10-4-2-1-3-5-10/h1-6,8-9H,7,12H2. The van der Waals surface area contributed by atoms with E-state index in [9.17, 15) is 4.79 Å². The first-order chi connectivity index (χ1) is 6.86. The van der Waals surface area contributed by atoms with E-state index in [0.717, 1.165) is 5.56 Å². The minimum atomic E-state index is 0.390. The van der Waals surface area contributed by atoms with Gasteiger partial charge in [-0.25, -0.2) is 0 Å². The molecule has 0 atom stereocenters. The van der Waals surface area contributed by atoms with Crippen LogP contribution in [-0.2, 0) is 11.3 Å². The lowest BCUT2D eigenvalue weighted by molar-refractivity contribution is -0.104. The van der Waals surface area contributed by atoms with Crippen molar-refractivity contribution in [2.45, 2.75) is 6.54 Å². The average Bonchev–Trinajstić information content (AvgIpc) is 2.26. The van der Waals surface area contributed by atoms with Crippen molar-refractivity contribution >= 4 is 12.5 Å². The summed E-state index contributed by atoms with van der Waals surface area (Å²) < 4.78 is 0. The molecule has 0 radical (unpaired) electrons. The van der Waals surface area contributed by atoms with Crippen molar-refractivity contribution in [2.24, 2.45) is 10.7 Å². The molecule has 1 aromatic carbocycles. The van der Waals surface area contributed by atoms with E-state index in [-0.39, 0.29) is 0 Å². The van der Waals surface area contributed by atoms with Gasteiger partial charge in [-0.1, -0.05) is 30.3 Å². The molecule has 0 aromatic heterocycles. The first-order valence-electron chi connectivity index (χ1n) is 4.27. The van der Waals surface area contributed by atoms with Gasteiger partial charge >= 0.3 is 0 Å². The van der Waals surface area contributed by atoms with Gasteiger partial charge in [-0.05, 0) is 5.56 Å². The van der Waals surface area contributed by atoms with Crippen molar-refractivity contribution in [1.82, 2.24) is 0 Å². The lowest BCUT2D eigenvalue weighted by Crippen LogP contribution is -1.92. The van der Waals surface area contributed by atoms with Gasteiger partial charge < -0.3 is 5.73 Å². The molecule has 0 bridgehead atoms. The summed E-state index contributed by atoms with van der Waals surface area (Å²) in [5, 5.41) is 0. The Morgan fingerprint density at radius 3 is 2.64 bits per heavy atom. The Morgan fingerprint density at radius 2 is 2.07 bits per heavy atom. The van der Waals surface area contributed by atoms with Gasteiger partial charge in [-0.2, -0.15) is 0 Å². The SMILES string of the molecule is NC=C(C=O)C=NCc1ccccc1. The summed E-state index contributed by atoms with van der Waals surface area (Å²) in [5.74, 6) is 0. The van der Waals surface area contributed by atoms with Gasteiger partial charge in [-0.15, -0.1) is 0 Å². The Balaban J connectivity index is 2.53. The van der Waals surface area contributed by atoms with Crippen LogP contribution in [0.4, 0.5) is 0 Å². The number of carbonyl (C=O) groups is 1. The van der Waals surface area contributed by atoms with Gasteiger partial charge in [0.1, 0.15) is 0 Å². The second-order valence-electron chi connectivity index (χ2n) is 2.74. The van der Waals surface area contributed by atoms with E-state index < -0.39 is 0 Å². The van der Waals surface area contributed by atoms with E-state index >= 15 is 0 Å². The fraction of sp³-hybridized carbons (Fsp3) is 0.0909. The number of aldehydes is 1. The summed E-state index contributed by atoms with van der Waals surface area (Å²) in [5.41, 5.74) is 6.67. The first kappa shape index (κ1) is 10.2. The van der Waals surface area contributed by atoms with Crippen LogP contribution in [-0.4, -0.2) is 12.5 Å². The number of rotatable bonds is 4. The van der Waals surface area contributed by atoms with E-state index in [1.165, 1.54) is 12.4 Å². The summed E-state index contributed by atoms with van der Waals surface area (Å²) in [6.45, 7) is 0.562. The molecule has 0 aliphatic rings. The van der Waals surface area contributed by atoms with Gasteiger partial charge in [0.2, 0.25) is 0 Å². The molecule has 14 heavy (non-hydrogen) atoms. The molecule has 3 heteroatoms. The number of allylic oxidation sites excluding steroid dienone is 1. The smallest absolute Gasteiger partial charge is 0.153 e. The molecule has 0 aliphatic heterocycles. The fourth-order valence-electron chi connectivity index (χ4n) is 0.953. The maximum absolute atomic E-state index is 10.3. The van der Waals surface area contributed by atoms with Crippen LogP contribution in [0.2, 0.25) is 0 Å². The lowest BCUT2D eigenvalue weighted by atomic mass is 10.2. The van der Waals surface area contributed by atoms with Gasteiger partial charge in [0, 0.05) is 18.0 Å². The van der Waals surface area contributed by atoms with Gasteiger partial charge in [-0.3, -0.25) is 9.79 Å². The summed E-state index contributed by atoms with van der Waals surface area (Å²) in [6, 6.07) is 9.80. The zero-order chi connectivity index (χ0) is 10.2. The van der Waals surface area contributed by atoms with Crippen LogP contribution in [0.5, 0.6) is 0 Å². The molecule has 2 N–H and O–H groups in total. The maximum Gasteiger partial charge on any atom is 0.153 e. The van der Waals surface area contributed by atoms with Crippen molar-refractivity contribution in [2.75, 3.05) is 0 Å². The third-order valence-corrected chi connectivity index (χ3v) is 1.69. The van der Waals surface area contributed by atoms with Crippen molar-refractivity contribution in [3.05, 3.63) is 47.7 Å². The van der Waals surface area contributed by atoms with E-state index in [4.69, 9.17) is 5.73 Å². The summed E-state index contributed by atoms with van der Waals surface area (Å²) in [7, 11) is 0. The lowest BCUT2D eigenvalue weighted by Gasteiger charge is -1.93. The first-order valence-corrected chi connectivity index (χ1v) is 4.27. The molecule has 72 valence electrons. The van der Waals surface area contributed by atoms with Crippen LogP contribution in [0.1, 0.15) is 5.56 Å². The Labute approximate surface area is 83.0 Å². The van der Waals surface area contributed by atoms with Crippen molar-refractivity contribution in [1.29, 1.82) is 0 Å². The highest BCUT2D eigenvalue weighted by atomic mass is 16.1. The minimum absolute atomic E-state index is 0.390. The third kappa shape index (κ3) is 3.23. The van der Waals surface area contributed by atoms with Crippen LogP contribution in [0.15, 0.2) is 47.1 Å². The van der Waals surface area contributed by atoms with Crippen molar-refractivity contribution < 1.29 is 4.79 Å². The maximum atomic E-state index is 10.3. The number of hydrogen-bond donors (Lipinski definition) is 1. The van der Waals surface area contributed by atoms with Crippen LogP contribution in [0.25, 0.3) is 0 Å². The van der Waals surface area contributed by atoms with Crippen LogP contribution in [0, 0.1) is 0 Å². The Kier molecular flexibility index (Phi) is 4.14. The molecule has 1 rings (SSSR count). The molecule has 0 saturated heterocycles. The average molecular weight is 188 g/mol. The second-order valence-corrected chi connectivity index (χ2v) is 2.74. The highest BCUT2D eigenvalue weighted by Gasteiger charge is 1.88. The number of carbonyl (C=O) groups excluding carboxylic acids is 1. The molecular formula is C11H12N2O. The minimum Gasteiger partial charge on any atom is -0.404 e. The predicted octanol–water partition coefficient (Wildman–Crippen LogP) is 1.30. The van der Waals surface area contributed by atoms with Crippen molar-refractivity contribution in [3.8, 4) is 0 Å². The molecule has 0 fully saturated rings. The molecule has 1 aromatic rings. The van der Waals surface area contributed by atoms with E-state index in [1.807, 2.05) is 30.3 Å². The summed E-state index contributed by atoms with van der Waals surface area (Å²) >= 11 is 0. The third-order valence-electron chi connectivity index (χ3n) is 1.69. The van der Waals surface area contributed by atoms with Crippen LogP contribution < -0.4 is 5.73 Å². The molecule has 3 nitrogen and oxygen atoms in total. The summed E-state index contributed by atoms with van der Waals surface area (Å²) in [4.78, 5) is 14.4. The molecule has 0 unspecified atom stereocenters. The van der Waals surface area contributed by atoms with Gasteiger partial charge in [0.15, 0.2) is 6.29 Å². The Morgan fingerprint density at radius 1 is 1.36 bits per heavy atom. The monoisotopic (exact) mass is 188 g/mol. The van der Waals surface area contributed by atoms with Crippen LogP contribution in [0.3, 0.4) is 0 Å². The summed E-state index contributed by atoms with van der Waals surface area (Å²) in [6.07, 6.45) is 3.38. The van der Waals surface area contributed by atoms with Gasteiger partial charge in [0.05, 0.1) is 6.54 Å². The van der Waals surface area contributed by atoms with Crippen molar-refractivity contribution in [3.63, 3.8) is 0 Å². The second kappa shape index (κ2) is 5.70. The molecule has 0 heterocycles. The quantitative estimate of drug-likeness (QED) is 0.440. The largest absolute Gasteiger partial charge is 0.404 e. The number of nitrogens with two attached hydrogens (primary N) is 1. The zero-order valence-corrected chi connectivity index (χ0v) is 7.76. The molecule has 0 aliphatic carbocycles. The Bertz CT molecular complexity index is 342. The predicted molar refractivity (Wildman–Crippen MR) is 57.0 cm³/mol. The molecule has 0 amide bonds. The van der Waals surface area contributed by atoms with E-state index in [0.29, 0.717) is 18.4 Å². The van der Waals surface area contributed by atoms with Gasteiger partial charge in [0.25, 0.3) is 0 Å². The molecular weight excluding hydrogens is 176 g/mol. The number of hydrogen-bond acceptors (Lipinski definition) is 3. The van der Waals surface area contributed by atoms with E-state index in [2.05, 4.69) is 4.99 Å². The topological polar surface area (TPSA) is 55.5 Å². The molecule has 0 spiro atoms. The Hall–Kier alpha value is -1.90. The highest BCUT2D eigenvalue weighted by molar-refractivity contribution is 6.01. The highest BCUT2D eigenvalue weighted by Crippen LogP contribution is 1.99. The molecule has 0 saturated carbocycles. The fourth-order valence-corrected chi connectivity index (χ4v) is 0.953.